The second-order valence-electron chi connectivity index (χ2n) is 7.58. The van der Waals surface area contributed by atoms with Crippen molar-refractivity contribution in [2.75, 3.05) is 32.8 Å². The Kier molecular flexibility index (Phi) is 7.01. The number of rotatable bonds is 6. The summed E-state index contributed by atoms with van der Waals surface area (Å²) in [4.78, 5) is 26.4. The molecular weight excluding hydrogens is 455 g/mol. The van der Waals surface area contributed by atoms with E-state index in [1.165, 1.54) is 6.20 Å². The third kappa shape index (κ3) is 5.07. The standard InChI is InChI=1S/C23H22Cl2N2O5/c24-18-3-1-2-16(21(18)25)12-15-4-5-19-17(13-15)22(28)20(32-23(29)30)14-27(19)7-6-26-8-10-31-11-9-26/h1-5,13-14H,6-12H2,(H,29,30). The van der Waals surface area contributed by atoms with E-state index < -0.39 is 11.6 Å². The summed E-state index contributed by atoms with van der Waals surface area (Å²) in [5.74, 6) is -0.218. The van der Waals surface area contributed by atoms with Crippen molar-refractivity contribution in [2.45, 2.75) is 13.0 Å². The van der Waals surface area contributed by atoms with Gasteiger partial charge >= 0.3 is 6.16 Å². The maximum absolute atomic E-state index is 13.0. The number of nitrogens with zero attached hydrogens (tertiary/aromatic N) is 2. The summed E-state index contributed by atoms with van der Waals surface area (Å²) < 4.78 is 12.0. The average Bonchev–Trinajstić information content (AvgIpc) is 2.78. The molecular formula is C23H22Cl2N2O5. The summed E-state index contributed by atoms with van der Waals surface area (Å²) in [6, 6.07) is 11.0. The molecule has 1 aliphatic rings. The fourth-order valence-electron chi connectivity index (χ4n) is 3.86. The zero-order valence-corrected chi connectivity index (χ0v) is 18.7. The molecule has 0 radical (unpaired) electrons. The third-order valence-electron chi connectivity index (χ3n) is 5.50. The van der Waals surface area contributed by atoms with Gasteiger partial charge in [0.05, 0.1) is 35.0 Å². The first-order valence-electron chi connectivity index (χ1n) is 10.2. The van der Waals surface area contributed by atoms with Crippen molar-refractivity contribution < 1.29 is 19.4 Å². The molecule has 1 aromatic heterocycles. The summed E-state index contributed by atoms with van der Waals surface area (Å²) >= 11 is 12.4. The summed E-state index contributed by atoms with van der Waals surface area (Å²) in [5.41, 5.74) is 1.93. The fourth-order valence-corrected chi connectivity index (χ4v) is 4.25. The highest BCUT2D eigenvalue weighted by Crippen LogP contribution is 2.28. The number of carbonyl (C=O) groups is 1. The normalized spacial score (nSPS) is 14.6. The number of carboxylic acid groups (broad SMARTS) is 1. The Morgan fingerprint density at radius 2 is 1.91 bits per heavy atom. The van der Waals surface area contributed by atoms with E-state index in [9.17, 15) is 9.59 Å². The first-order valence-corrected chi connectivity index (χ1v) is 11.0. The topological polar surface area (TPSA) is 81.0 Å². The second kappa shape index (κ2) is 9.92. The molecule has 0 unspecified atom stereocenters. The predicted molar refractivity (Wildman–Crippen MR) is 123 cm³/mol. The molecule has 1 N–H and O–H groups in total. The molecule has 168 valence electrons. The van der Waals surface area contributed by atoms with E-state index in [0.717, 1.165) is 30.8 Å². The highest BCUT2D eigenvalue weighted by molar-refractivity contribution is 6.42. The minimum absolute atomic E-state index is 0.218. The second-order valence-corrected chi connectivity index (χ2v) is 8.36. The Bertz CT molecular complexity index is 1200. The largest absolute Gasteiger partial charge is 0.511 e. The number of hydrogen-bond donors (Lipinski definition) is 1. The predicted octanol–water partition coefficient (Wildman–Crippen LogP) is 4.29. The molecule has 0 amide bonds. The smallest absolute Gasteiger partial charge is 0.449 e. The Labute approximate surface area is 194 Å². The van der Waals surface area contributed by atoms with Gasteiger partial charge in [0.2, 0.25) is 5.43 Å². The molecule has 1 fully saturated rings. The van der Waals surface area contributed by atoms with Crippen molar-refractivity contribution in [3.8, 4) is 5.75 Å². The van der Waals surface area contributed by atoms with Gasteiger partial charge in [0.25, 0.3) is 0 Å². The van der Waals surface area contributed by atoms with Gasteiger partial charge < -0.3 is 19.1 Å². The average molecular weight is 477 g/mol. The van der Waals surface area contributed by atoms with E-state index in [0.29, 0.717) is 47.1 Å². The Morgan fingerprint density at radius 3 is 2.66 bits per heavy atom. The van der Waals surface area contributed by atoms with E-state index in [2.05, 4.69) is 4.90 Å². The van der Waals surface area contributed by atoms with Crippen LogP contribution in [0, 0.1) is 0 Å². The molecule has 32 heavy (non-hydrogen) atoms. The number of fused-ring (bicyclic) bond motifs is 1. The minimum atomic E-state index is -1.52. The van der Waals surface area contributed by atoms with Crippen molar-refractivity contribution in [1.82, 2.24) is 9.47 Å². The van der Waals surface area contributed by atoms with Crippen molar-refractivity contribution in [3.05, 3.63) is 74.0 Å². The van der Waals surface area contributed by atoms with Gasteiger partial charge in [-0.15, -0.1) is 0 Å². The molecule has 9 heteroatoms. The third-order valence-corrected chi connectivity index (χ3v) is 6.35. The van der Waals surface area contributed by atoms with Gasteiger partial charge in [-0.25, -0.2) is 4.79 Å². The zero-order valence-electron chi connectivity index (χ0n) is 17.2. The molecule has 0 bridgehead atoms. The quantitative estimate of drug-likeness (QED) is 0.534. The van der Waals surface area contributed by atoms with Crippen LogP contribution in [0.15, 0.2) is 47.4 Å². The number of pyridine rings is 1. The number of morpholine rings is 1. The molecule has 0 aliphatic carbocycles. The first kappa shape index (κ1) is 22.6. The molecule has 3 aromatic rings. The van der Waals surface area contributed by atoms with Crippen LogP contribution in [-0.4, -0.2) is 53.6 Å². The van der Waals surface area contributed by atoms with Gasteiger partial charge in [0.1, 0.15) is 0 Å². The van der Waals surface area contributed by atoms with Crippen molar-refractivity contribution >= 4 is 40.3 Å². The number of ether oxygens (including phenoxy) is 2. The molecule has 1 saturated heterocycles. The SMILES string of the molecule is O=C(O)Oc1cn(CCN2CCOCC2)c2ccc(Cc3cccc(Cl)c3Cl)cc2c1=O. The van der Waals surface area contributed by atoms with E-state index in [1.54, 1.807) is 12.1 Å². The molecule has 2 heterocycles. The van der Waals surface area contributed by atoms with Gasteiger partial charge in [-0.05, 0) is 35.7 Å². The number of halogens is 2. The highest BCUT2D eigenvalue weighted by atomic mass is 35.5. The lowest BCUT2D eigenvalue weighted by Crippen LogP contribution is -2.38. The van der Waals surface area contributed by atoms with Gasteiger partial charge in [-0.3, -0.25) is 9.69 Å². The molecule has 4 rings (SSSR count). The van der Waals surface area contributed by atoms with Crippen LogP contribution in [0.1, 0.15) is 11.1 Å². The minimum Gasteiger partial charge on any atom is -0.449 e. The lowest BCUT2D eigenvalue weighted by Gasteiger charge is -2.27. The first-order chi connectivity index (χ1) is 15.4. The highest BCUT2D eigenvalue weighted by Gasteiger charge is 2.16. The number of aromatic nitrogens is 1. The van der Waals surface area contributed by atoms with Crippen LogP contribution >= 0.6 is 23.2 Å². The van der Waals surface area contributed by atoms with E-state index >= 15 is 0 Å². The molecule has 0 spiro atoms. The van der Waals surface area contributed by atoms with E-state index in [-0.39, 0.29) is 5.75 Å². The molecule has 0 atom stereocenters. The van der Waals surface area contributed by atoms with Crippen molar-refractivity contribution in [2.24, 2.45) is 0 Å². The van der Waals surface area contributed by atoms with Crippen molar-refractivity contribution in [1.29, 1.82) is 0 Å². The summed E-state index contributed by atoms with van der Waals surface area (Å²) in [5, 5.41) is 10.4. The lowest BCUT2D eigenvalue weighted by atomic mass is 10.0. The Morgan fingerprint density at radius 1 is 1.12 bits per heavy atom. The summed E-state index contributed by atoms with van der Waals surface area (Å²) in [6.45, 7) is 4.36. The van der Waals surface area contributed by atoms with E-state index in [4.69, 9.17) is 37.8 Å². The lowest BCUT2D eigenvalue weighted by molar-refractivity contribution is 0.0365. The van der Waals surface area contributed by atoms with Crippen LogP contribution in [-0.2, 0) is 17.7 Å². The van der Waals surface area contributed by atoms with Crippen LogP contribution < -0.4 is 10.2 Å². The van der Waals surface area contributed by atoms with Crippen molar-refractivity contribution in [3.63, 3.8) is 0 Å². The summed E-state index contributed by atoms with van der Waals surface area (Å²) in [6.07, 6.45) is 0.419. The van der Waals surface area contributed by atoms with Crippen LogP contribution in [0.3, 0.4) is 0 Å². The van der Waals surface area contributed by atoms with Gasteiger partial charge in [0.15, 0.2) is 5.75 Å². The molecule has 2 aromatic carbocycles. The maximum atomic E-state index is 13.0. The fraction of sp³-hybridized carbons (Fsp3) is 0.304. The van der Waals surface area contributed by atoms with Crippen LogP contribution in [0.4, 0.5) is 4.79 Å². The van der Waals surface area contributed by atoms with Gasteiger partial charge in [-0.2, -0.15) is 0 Å². The number of hydrogen-bond acceptors (Lipinski definition) is 5. The Hall–Kier alpha value is -2.58. The molecule has 1 aliphatic heterocycles. The Balaban J connectivity index is 1.70. The van der Waals surface area contributed by atoms with Gasteiger partial charge in [0, 0.05) is 31.6 Å². The van der Waals surface area contributed by atoms with Gasteiger partial charge in [-0.1, -0.05) is 41.4 Å². The monoisotopic (exact) mass is 476 g/mol. The molecule has 0 saturated carbocycles. The van der Waals surface area contributed by atoms with E-state index in [1.807, 2.05) is 28.8 Å². The van der Waals surface area contributed by atoms with Crippen LogP contribution in [0.2, 0.25) is 10.0 Å². The van der Waals surface area contributed by atoms with Crippen LogP contribution in [0.5, 0.6) is 5.75 Å². The molecule has 7 nitrogen and oxygen atoms in total. The van der Waals surface area contributed by atoms with Crippen LogP contribution in [0.25, 0.3) is 10.9 Å². The summed E-state index contributed by atoms with van der Waals surface area (Å²) in [7, 11) is 0. The zero-order chi connectivity index (χ0) is 22.7. The number of benzene rings is 2. The maximum Gasteiger partial charge on any atom is 0.511 e.